The van der Waals surface area contributed by atoms with Gasteiger partial charge in [-0.1, -0.05) is 40.7 Å². The lowest BCUT2D eigenvalue weighted by atomic mass is 9.86. The Hall–Kier alpha value is -2.94. The average Bonchev–Trinajstić information content (AvgIpc) is 2.77. The summed E-state index contributed by atoms with van der Waals surface area (Å²) in [5.74, 6) is -1.89. The van der Waals surface area contributed by atoms with E-state index in [-0.39, 0.29) is 43.6 Å². The zero-order chi connectivity index (χ0) is 28.2. The molecule has 208 valence electrons. The molecule has 0 aliphatic carbocycles. The summed E-state index contributed by atoms with van der Waals surface area (Å²) in [6.07, 6.45) is 1.55. The smallest absolute Gasteiger partial charge is 0.324 e. The topological polar surface area (TPSA) is 142 Å². The lowest BCUT2D eigenvalue weighted by molar-refractivity contribution is -0.153. The molecule has 0 aliphatic heterocycles. The molecule has 0 spiro atoms. The molecule has 0 saturated heterocycles. The van der Waals surface area contributed by atoms with Crippen molar-refractivity contribution in [2.45, 2.75) is 105 Å². The highest BCUT2D eigenvalue weighted by Gasteiger charge is 2.37. The van der Waals surface area contributed by atoms with Crippen molar-refractivity contribution in [3.63, 3.8) is 0 Å². The monoisotopic (exact) mass is 521 g/mol. The van der Waals surface area contributed by atoms with E-state index < -0.39 is 35.5 Å². The average molecular weight is 522 g/mol. The normalized spacial score (nSPS) is 13.6. The van der Waals surface area contributed by atoms with E-state index in [0.717, 1.165) is 0 Å². The van der Waals surface area contributed by atoms with Crippen LogP contribution in [0.2, 0.25) is 0 Å². The number of aliphatic carboxylic acids is 1. The predicted octanol–water partition coefficient (Wildman–Crippen LogP) is 4.82. The van der Waals surface area contributed by atoms with Crippen molar-refractivity contribution >= 4 is 23.9 Å². The van der Waals surface area contributed by atoms with E-state index in [9.17, 15) is 24.3 Å². The highest BCUT2D eigenvalue weighted by atomic mass is 16.6. The molecule has 37 heavy (non-hydrogen) atoms. The van der Waals surface area contributed by atoms with Crippen molar-refractivity contribution in [1.29, 1.82) is 0 Å². The summed E-state index contributed by atoms with van der Waals surface area (Å²) < 4.78 is 16.3. The second-order valence-electron chi connectivity index (χ2n) is 10.5. The Morgan fingerprint density at radius 2 is 1.41 bits per heavy atom. The molecule has 1 unspecified atom stereocenters. The third-order valence-electron chi connectivity index (χ3n) is 5.69. The van der Waals surface area contributed by atoms with Crippen LogP contribution in [-0.2, 0) is 30.3 Å². The number of ether oxygens (including phenoxy) is 3. The summed E-state index contributed by atoms with van der Waals surface area (Å²) in [7, 11) is 0. The number of carbonyl (C=O) groups is 4. The molecule has 1 aromatic carbocycles. The van der Waals surface area contributed by atoms with Crippen molar-refractivity contribution in [1.82, 2.24) is 0 Å². The van der Waals surface area contributed by atoms with E-state index >= 15 is 0 Å². The number of nitrogens with two attached hydrogens (primary N) is 1. The summed E-state index contributed by atoms with van der Waals surface area (Å²) in [6.45, 7) is 11.4. The third kappa shape index (κ3) is 12.2. The Balaban J connectivity index is 3.16. The number of rotatable bonds is 16. The predicted molar refractivity (Wildman–Crippen MR) is 139 cm³/mol. The number of hydrogen-bond acceptors (Lipinski definition) is 8. The molecule has 0 heterocycles. The number of benzene rings is 1. The van der Waals surface area contributed by atoms with Crippen molar-refractivity contribution in [2.24, 2.45) is 17.6 Å². The first-order valence-electron chi connectivity index (χ1n) is 13.0. The van der Waals surface area contributed by atoms with E-state index in [4.69, 9.17) is 19.9 Å². The molecule has 3 N–H and O–H groups in total. The van der Waals surface area contributed by atoms with Crippen molar-refractivity contribution in [3.05, 3.63) is 23.8 Å². The maximum atomic E-state index is 12.4. The summed E-state index contributed by atoms with van der Waals surface area (Å²) in [5.41, 5.74) is 4.97. The van der Waals surface area contributed by atoms with Gasteiger partial charge in [-0.15, -0.1) is 0 Å². The molecular weight excluding hydrogens is 478 g/mol. The Bertz CT molecular complexity index is 927. The number of hydrogen-bond donors (Lipinski definition) is 2. The van der Waals surface area contributed by atoms with Crippen LogP contribution in [-0.4, -0.2) is 40.6 Å². The van der Waals surface area contributed by atoms with Gasteiger partial charge in [-0.05, 0) is 55.7 Å². The first-order chi connectivity index (χ1) is 17.2. The van der Waals surface area contributed by atoms with Crippen LogP contribution in [0.5, 0.6) is 11.5 Å². The fraction of sp³-hybridized carbons (Fsp3) is 0.643. The van der Waals surface area contributed by atoms with Crippen molar-refractivity contribution in [3.8, 4) is 11.5 Å². The number of carboxylic acid groups (broad SMARTS) is 1. The summed E-state index contributed by atoms with van der Waals surface area (Å²) in [6, 6.07) is 4.52. The highest BCUT2D eigenvalue weighted by Crippen LogP contribution is 2.32. The lowest BCUT2D eigenvalue weighted by Crippen LogP contribution is -2.52. The molecule has 0 amide bonds. The van der Waals surface area contributed by atoms with E-state index in [2.05, 4.69) is 0 Å². The quantitative estimate of drug-likeness (QED) is 0.231. The standard InChI is InChI=1S/C28H43NO8/c1-7-8-24(30)35-20(6)16-28(29,27(33)34)17-21-11-12-22(36-25(31)13-9-18(2)3)23(15-21)37-26(32)14-10-19(4)5/h11-12,15,18-20H,7-10,13-14,16-17,29H2,1-6H3,(H,33,34)/t20-,28?/m0/s1. The Labute approximate surface area is 220 Å². The maximum absolute atomic E-state index is 12.4. The lowest BCUT2D eigenvalue weighted by Gasteiger charge is -2.28. The molecule has 0 fully saturated rings. The molecule has 1 rings (SSSR count). The minimum Gasteiger partial charge on any atom is -0.480 e. The van der Waals surface area contributed by atoms with E-state index in [0.29, 0.717) is 36.7 Å². The molecule has 2 atom stereocenters. The van der Waals surface area contributed by atoms with Crippen molar-refractivity contribution < 1.29 is 38.5 Å². The van der Waals surface area contributed by atoms with Gasteiger partial charge in [0.2, 0.25) is 0 Å². The second-order valence-corrected chi connectivity index (χ2v) is 10.5. The zero-order valence-electron chi connectivity index (χ0n) is 23.0. The SMILES string of the molecule is CCCC(=O)O[C@@H](C)CC(N)(Cc1ccc(OC(=O)CCC(C)C)c(OC(=O)CCC(C)C)c1)C(=O)O. The first-order valence-corrected chi connectivity index (χ1v) is 13.0. The fourth-order valence-electron chi connectivity index (χ4n) is 3.63. The van der Waals surface area contributed by atoms with Crippen LogP contribution in [0.15, 0.2) is 18.2 Å². The van der Waals surface area contributed by atoms with Crippen LogP contribution in [0, 0.1) is 11.8 Å². The van der Waals surface area contributed by atoms with Gasteiger partial charge in [-0.25, -0.2) is 0 Å². The van der Waals surface area contributed by atoms with E-state index in [1.54, 1.807) is 13.0 Å². The van der Waals surface area contributed by atoms with E-state index in [1.807, 2.05) is 34.6 Å². The minimum absolute atomic E-state index is 0.0271. The minimum atomic E-state index is -1.75. The van der Waals surface area contributed by atoms with Gasteiger partial charge in [0.05, 0.1) is 0 Å². The van der Waals surface area contributed by atoms with Gasteiger partial charge >= 0.3 is 23.9 Å². The van der Waals surface area contributed by atoms with Gasteiger partial charge in [-0.2, -0.15) is 0 Å². The van der Waals surface area contributed by atoms with Gasteiger partial charge in [0.15, 0.2) is 11.5 Å². The van der Waals surface area contributed by atoms with Crippen LogP contribution >= 0.6 is 0 Å². The van der Waals surface area contributed by atoms with Gasteiger partial charge in [-0.3, -0.25) is 19.2 Å². The number of esters is 3. The molecular formula is C28H43NO8. The Morgan fingerprint density at radius 1 is 0.865 bits per heavy atom. The van der Waals surface area contributed by atoms with Crippen LogP contribution in [0.3, 0.4) is 0 Å². The first kappa shape index (κ1) is 32.1. The van der Waals surface area contributed by atoms with Crippen LogP contribution in [0.25, 0.3) is 0 Å². The van der Waals surface area contributed by atoms with Gasteiger partial charge in [0.1, 0.15) is 11.6 Å². The molecule has 0 aliphatic rings. The summed E-state index contributed by atoms with van der Waals surface area (Å²) in [5, 5.41) is 9.87. The van der Waals surface area contributed by atoms with Gasteiger partial charge < -0.3 is 25.1 Å². The molecule has 1 aromatic rings. The fourth-order valence-corrected chi connectivity index (χ4v) is 3.63. The Kier molecular flexibility index (Phi) is 13.3. The molecule has 9 heteroatoms. The summed E-state index contributed by atoms with van der Waals surface area (Å²) in [4.78, 5) is 48.7. The Morgan fingerprint density at radius 3 is 1.89 bits per heavy atom. The maximum Gasteiger partial charge on any atom is 0.324 e. The second kappa shape index (κ2) is 15.3. The molecule has 9 nitrogen and oxygen atoms in total. The van der Waals surface area contributed by atoms with Gasteiger partial charge in [0, 0.05) is 32.1 Å². The van der Waals surface area contributed by atoms with Crippen LogP contribution in [0.1, 0.15) is 92.1 Å². The molecule has 0 saturated carbocycles. The molecule has 0 bridgehead atoms. The van der Waals surface area contributed by atoms with Gasteiger partial charge in [0.25, 0.3) is 0 Å². The zero-order valence-corrected chi connectivity index (χ0v) is 23.0. The van der Waals surface area contributed by atoms with Crippen molar-refractivity contribution in [2.75, 3.05) is 0 Å². The number of carbonyl (C=O) groups excluding carboxylic acids is 3. The number of carboxylic acids is 1. The summed E-state index contributed by atoms with van der Waals surface area (Å²) >= 11 is 0. The van der Waals surface area contributed by atoms with Crippen LogP contribution < -0.4 is 15.2 Å². The largest absolute Gasteiger partial charge is 0.480 e. The van der Waals surface area contributed by atoms with E-state index in [1.165, 1.54) is 12.1 Å². The third-order valence-corrected chi connectivity index (χ3v) is 5.69. The van der Waals surface area contributed by atoms with Crippen LogP contribution in [0.4, 0.5) is 0 Å². The molecule has 0 radical (unpaired) electrons. The highest BCUT2D eigenvalue weighted by molar-refractivity contribution is 5.80. The molecule has 0 aromatic heterocycles.